The predicted octanol–water partition coefficient (Wildman–Crippen LogP) is 5.03. The van der Waals surface area contributed by atoms with E-state index in [1.807, 2.05) is 30.3 Å². The quantitative estimate of drug-likeness (QED) is 0.567. The molecule has 0 aromatic heterocycles. The lowest BCUT2D eigenvalue weighted by Gasteiger charge is -2.26. The molecule has 29 heavy (non-hydrogen) atoms. The largest absolute Gasteiger partial charge is 0.507 e. The molecule has 3 rings (SSSR count). The number of phenols is 1. The molecule has 0 spiro atoms. The van der Waals surface area contributed by atoms with E-state index in [1.165, 1.54) is 17.7 Å². The van der Waals surface area contributed by atoms with Crippen LogP contribution in [0, 0.1) is 0 Å². The zero-order valence-electron chi connectivity index (χ0n) is 16.0. The molecule has 148 valence electrons. The summed E-state index contributed by atoms with van der Waals surface area (Å²) in [5.41, 5.74) is 2.02. The fourth-order valence-corrected chi connectivity index (χ4v) is 3.00. The first-order valence-electron chi connectivity index (χ1n) is 8.98. The molecule has 0 aliphatic heterocycles. The van der Waals surface area contributed by atoms with Crippen LogP contribution in [0.25, 0.3) is 0 Å². The van der Waals surface area contributed by atoms with Crippen molar-refractivity contribution in [2.24, 2.45) is 0 Å². The van der Waals surface area contributed by atoms with E-state index in [1.54, 1.807) is 12.1 Å². The van der Waals surface area contributed by atoms with E-state index in [9.17, 15) is 14.7 Å². The second-order valence-electron chi connectivity index (χ2n) is 7.07. The number of carboxylic acid groups (broad SMARTS) is 1. The van der Waals surface area contributed by atoms with Crippen LogP contribution in [0.15, 0.2) is 72.8 Å². The van der Waals surface area contributed by atoms with Crippen LogP contribution in [0.3, 0.4) is 0 Å². The molecule has 6 nitrogen and oxygen atoms in total. The van der Waals surface area contributed by atoms with Gasteiger partial charge in [-0.15, -0.1) is 0 Å². The molecule has 0 saturated heterocycles. The lowest BCUT2D eigenvalue weighted by Crippen LogP contribution is -2.19. The molecule has 0 fully saturated rings. The van der Waals surface area contributed by atoms with Crippen molar-refractivity contribution in [2.75, 3.05) is 5.32 Å². The number of anilines is 1. The Balaban J connectivity index is 1.67. The van der Waals surface area contributed by atoms with Gasteiger partial charge in [0.1, 0.15) is 17.1 Å². The number of carbonyl (C=O) groups is 2. The number of carboxylic acids is 1. The van der Waals surface area contributed by atoms with Crippen molar-refractivity contribution in [3.8, 4) is 11.5 Å². The Morgan fingerprint density at radius 1 is 0.897 bits per heavy atom. The first-order valence-corrected chi connectivity index (χ1v) is 8.98. The van der Waals surface area contributed by atoms with Gasteiger partial charge in [-0.05, 0) is 35.4 Å². The Morgan fingerprint density at radius 3 is 2.10 bits per heavy atom. The third-order valence-electron chi connectivity index (χ3n) is 4.76. The average Bonchev–Trinajstić information content (AvgIpc) is 2.69. The minimum atomic E-state index is -1.25. The third kappa shape index (κ3) is 4.55. The van der Waals surface area contributed by atoms with Gasteiger partial charge in [0, 0.05) is 17.2 Å². The molecule has 3 N–H and O–H groups in total. The van der Waals surface area contributed by atoms with Gasteiger partial charge in [-0.1, -0.05) is 56.3 Å². The fourth-order valence-electron chi connectivity index (χ4n) is 3.00. The molecule has 0 atom stereocenters. The molecular formula is C23H21NO5. The van der Waals surface area contributed by atoms with Gasteiger partial charge < -0.3 is 14.9 Å². The van der Waals surface area contributed by atoms with Gasteiger partial charge in [-0.25, -0.2) is 9.59 Å². The van der Waals surface area contributed by atoms with Crippen LogP contribution in [0.4, 0.5) is 10.5 Å². The number of benzene rings is 3. The maximum atomic E-state index is 12.1. The molecule has 3 aromatic carbocycles. The molecule has 1 amide bonds. The summed E-state index contributed by atoms with van der Waals surface area (Å²) in [6.45, 7) is 4.25. The standard InChI is InChI=1S/C23H21NO5/c1-23(2,15-6-4-3-5-7-15)16-8-11-18(12-9-16)29-22(28)24-17-10-13-19(21(26)27)20(25)14-17/h3-14,25H,1-2H3,(H,24,28)(H,26,27). The number of ether oxygens (including phenoxy) is 1. The van der Waals surface area contributed by atoms with E-state index in [4.69, 9.17) is 9.84 Å². The van der Waals surface area contributed by atoms with Gasteiger partial charge in [-0.2, -0.15) is 0 Å². The van der Waals surface area contributed by atoms with Crippen molar-refractivity contribution in [3.63, 3.8) is 0 Å². The van der Waals surface area contributed by atoms with Crippen LogP contribution in [-0.4, -0.2) is 22.3 Å². The summed E-state index contributed by atoms with van der Waals surface area (Å²) >= 11 is 0. The minimum absolute atomic E-state index is 0.203. The number of hydrogen-bond donors (Lipinski definition) is 3. The van der Waals surface area contributed by atoms with Crippen molar-refractivity contribution in [2.45, 2.75) is 19.3 Å². The summed E-state index contributed by atoms with van der Waals surface area (Å²) in [5, 5.41) is 21.1. The molecule has 0 heterocycles. The topological polar surface area (TPSA) is 95.9 Å². The number of rotatable bonds is 5. The van der Waals surface area contributed by atoms with Gasteiger partial charge in [0.2, 0.25) is 0 Å². The molecule has 0 radical (unpaired) electrons. The highest BCUT2D eigenvalue weighted by Crippen LogP contribution is 2.32. The van der Waals surface area contributed by atoms with Crippen molar-refractivity contribution in [1.82, 2.24) is 0 Å². The van der Waals surface area contributed by atoms with Gasteiger partial charge in [0.25, 0.3) is 0 Å². The number of carbonyl (C=O) groups excluding carboxylic acids is 1. The Kier molecular flexibility index (Phi) is 5.54. The first-order chi connectivity index (χ1) is 13.8. The molecule has 6 heteroatoms. The van der Waals surface area contributed by atoms with E-state index in [0.717, 1.165) is 11.6 Å². The Morgan fingerprint density at radius 2 is 1.52 bits per heavy atom. The second-order valence-corrected chi connectivity index (χ2v) is 7.07. The summed E-state index contributed by atoms with van der Waals surface area (Å²) < 4.78 is 5.26. The summed E-state index contributed by atoms with van der Waals surface area (Å²) in [4.78, 5) is 23.0. The molecule has 0 bridgehead atoms. The molecule has 3 aromatic rings. The first kappa shape index (κ1) is 19.9. The second kappa shape index (κ2) is 8.06. The number of hydrogen-bond acceptors (Lipinski definition) is 4. The number of aromatic carboxylic acids is 1. The molecule has 0 aliphatic rings. The van der Waals surface area contributed by atoms with E-state index in [2.05, 4.69) is 31.3 Å². The zero-order chi connectivity index (χ0) is 21.0. The number of aromatic hydroxyl groups is 1. The van der Waals surface area contributed by atoms with Gasteiger partial charge in [0.15, 0.2) is 0 Å². The molecule has 0 unspecified atom stereocenters. The number of amides is 1. The lowest BCUT2D eigenvalue weighted by atomic mass is 9.78. The third-order valence-corrected chi connectivity index (χ3v) is 4.76. The fraction of sp³-hybridized carbons (Fsp3) is 0.130. The van der Waals surface area contributed by atoms with Gasteiger partial charge in [-0.3, -0.25) is 5.32 Å². The highest BCUT2D eigenvalue weighted by molar-refractivity contribution is 5.93. The summed E-state index contributed by atoms with van der Waals surface area (Å²) in [7, 11) is 0. The van der Waals surface area contributed by atoms with Crippen LogP contribution in [-0.2, 0) is 5.41 Å². The van der Waals surface area contributed by atoms with E-state index in [-0.39, 0.29) is 16.7 Å². The number of nitrogens with one attached hydrogen (secondary N) is 1. The SMILES string of the molecule is CC(C)(c1ccccc1)c1ccc(OC(=O)Nc2ccc(C(=O)O)c(O)c2)cc1. The normalized spacial score (nSPS) is 11.0. The van der Waals surface area contributed by atoms with Gasteiger partial charge in [0.05, 0.1) is 0 Å². The zero-order valence-corrected chi connectivity index (χ0v) is 16.0. The summed E-state index contributed by atoms with van der Waals surface area (Å²) in [6.07, 6.45) is -0.748. The Hall–Kier alpha value is -3.80. The van der Waals surface area contributed by atoms with E-state index >= 15 is 0 Å². The minimum Gasteiger partial charge on any atom is -0.507 e. The highest BCUT2D eigenvalue weighted by atomic mass is 16.6. The monoisotopic (exact) mass is 391 g/mol. The van der Waals surface area contributed by atoms with Crippen LogP contribution in [0.5, 0.6) is 11.5 Å². The Labute approximate surface area is 168 Å². The summed E-state index contributed by atoms with van der Waals surface area (Å²) in [5.74, 6) is -1.33. The van der Waals surface area contributed by atoms with Crippen LogP contribution in [0.2, 0.25) is 0 Å². The van der Waals surface area contributed by atoms with Crippen LogP contribution < -0.4 is 10.1 Å². The molecule has 0 saturated carbocycles. The maximum Gasteiger partial charge on any atom is 0.417 e. The average molecular weight is 391 g/mol. The Bertz CT molecular complexity index is 1030. The summed E-state index contributed by atoms with van der Waals surface area (Å²) in [6, 6.07) is 21.1. The highest BCUT2D eigenvalue weighted by Gasteiger charge is 2.22. The predicted molar refractivity (Wildman–Crippen MR) is 110 cm³/mol. The molecule has 0 aliphatic carbocycles. The van der Waals surface area contributed by atoms with Crippen molar-refractivity contribution in [3.05, 3.63) is 89.5 Å². The smallest absolute Gasteiger partial charge is 0.417 e. The van der Waals surface area contributed by atoms with Gasteiger partial charge >= 0.3 is 12.1 Å². The lowest BCUT2D eigenvalue weighted by molar-refractivity contribution is 0.0693. The van der Waals surface area contributed by atoms with Crippen molar-refractivity contribution in [1.29, 1.82) is 0 Å². The van der Waals surface area contributed by atoms with E-state index < -0.39 is 17.8 Å². The maximum absolute atomic E-state index is 12.1. The van der Waals surface area contributed by atoms with E-state index in [0.29, 0.717) is 5.75 Å². The molecular weight excluding hydrogens is 370 g/mol. The van der Waals surface area contributed by atoms with Crippen molar-refractivity contribution >= 4 is 17.7 Å². The van der Waals surface area contributed by atoms with Crippen molar-refractivity contribution < 1.29 is 24.5 Å². The van der Waals surface area contributed by atoms with Crippen LogP contribution >= 0.6 is 0 Å². The van der Waals surface area contributed by atoms with Crippen LogP contribution in [0.1, 0.15) is 35.3 Å².